The molecule has 2 heterocycles. The summed E-state index contributed by atoms with van der Waals surface area (Å²) in [5.41, 5.74) is 3.53. The minimum Gasteiger partial charge on any atom is -0.491 e. The number of benzene rings is 1. The number of hydrogen-bond donors (Lipinski definition) is 2. The van der Waals surface area contributed by atoms with Gasteiger partial charge >= 0.3 is 0 Å². The second-order valence-corrected chi connectivity index (χ2v) is 8.03. The van der Waals surface area contributed by atoms with E-state index in [-0.39, 0.29) is 23.8 Å². The Hall–Kier alpha value is -3.61. The molecule has 1 aliphatic rings. The molecule has 2 unspecified atom stereocenters. The summed E-state index contributed by atoms with van der Waals surface area (Å²) in [6.45, 7) is 7.74. The average Bonchev–Trinajstić information content (AvgIpc) is 3.11. The van der Waals surface area contributed by atoms with Crippen LogP contribution in [0.2, 0.25) is 0 Å². The molecule has 0 saturated heterocycles. The lowest BCUT2D eigenvalue weighted by molar-refractivity contribution is -0.114. The van der Waals surface area contributed by atoms with E-state index in [4.69, 9.17) is 9.72 Å². The van der Waals surface area contributed by atoms with Crippen LogP contribution in [0.25, 0.3) is 5.65 Å². The molecule has 160 valence electrons. The Morgan fingerprint density at radius 3 is 2.58 bits per heavy atom. The van der Waals surface area contributed by atoms with Gasteiger partial charge in [0.05, 0.1) is 6.10 Å². The molecule has 31 heavy (non-hydrogen) atoms. The van der Waals surface area contributed by atoms with Gasteiger partial charge in [0.1, 0.15) is 5.76 Å². The number of ether oxygens (including phenoxy) is 1. The van der Waals surface area contributed by atoms with Gasteiger partial charge in [-0.15, -0.1) is 5.10 Å². The number of carbonyl (C=O) groups excluding carboxylic acids is 1. The number of nitrogens with zero attached hydrogens (tertiary/aromatic N) is 3. The van der Waals surface area contributed by atoms with E-state index in [2.05, 4.69) is 40.9 Å². The Balaban J connectivity index is 1.56. The van der Waals surface area contributed by atoms with Crippen LogP contribution in [0.15, 0.2) is 66.6 Å². The molecule has 7 heteroatoms. The lowest BCUT2D eigenvalue weighted by atomic mass is 9.84. The van der Waals surface area contributed by atoms with Crippen molar-refractivity contribution < 1.29 is 9.53 Å². The Morgan fingerprint density at radius 2 is 1.90 bits per heavy atom. The van der Waals surface area contributed by atoms with E-state index in [0.29, 0.717) is 5.95 Å². The van der Waals surface area contributed by atoms with Crippen LogP contribution in [-0.4, -0.2) is 26.6 Å². The summed E-state index contributed by atoms with van der Waals surface area (Å²) < 4.78 is 7.64. The molecule has 1 aromatic carbocycles. The average molecular weight is 418 g/mol. The van der Waals surface area contributed by atoms with E-state index in [1.54, 1.807) is 4.52 Å². The van der Waals surface area contributed by atoms with E-state index < -0.39 is 0 Å². The van der Waals surface area contributed by atoms with Crippen LogP contribution in [0.3, 0.4) is 0 Å². The zero-order chi connectivity index (χ0) is 22.0. The summed E-state index contributed by atoms with van der Waals surface area (Å²) in [6.07, 6.45) is 8.44. The normalized spacial score (nSPS) is 18.2. The molecular formula is C24H27N5O2. The van der Waals surface area contributed by atoms with Crippen molar-refractivity contribution in [2.24, 2.45) is 5.92 Å². The van der Waals surface area contributed by atoms with Gasteiger partial charge in [-0.25, -0.2) is 4.52 Å². The molecule has 7 nitrogen and oxygen atoms in total. The van der Waals surface area contributed by atoms with Gasteiger partial charge in [-0.1, -0.05) is 19.1 Å². The Bertz CT molecular complexity index is 1140. The molecule has 0 radical (unpaired) electrons. The first-order chi connectivity index (χ1) is 14.9. The number of allylic oxidation sites excluding steroid dienone is 3. The Labute approximate surface area is 181 Å². The highest BCUT2D eigenvalue weighted by molar-refractivity contribution is 5.88. The fourth-order valence-corrected chi connectivity index (χ4v) is 3.74. The first kappa shape index (κ1) is 20.7. The lowest BCUT2D eigenvalue weighted by Crippen LogP contribution is -2.13. The van der Waals surface area contributed by atoms with E-state index in [0.717, 1.165) is 28.3 Å². The molecule has 0 bridgehead atoms. The third-order valence-corrected chi connectivity index (χ3v) is 5.05. The van der Waals surface area contributed by atoms with Crippen LogP contribution in [-0.2, 0) is 9.53 Å². The summed E-state index contributed by atoms with van der Waals surface area (Å²) in [5, 5.41) is 10.6. The van der Waals surface area contributed by atoms with Gasteiger partial charge in [0.2, 0.25) is 11.9 Å². The quantitative estimate of drug-likeness (QED) is 0.588. The summed E-state index contributed by atoms with van der Waals surface area (Å²) in [6, 6.07) is 11.5. The molecule has 0 saturated carbocycles. The lowest BCUT2D eigenvalue weighted by Gasteiger charge is -2.24. The number of amides is 1. The molecular weight excluding hydrogens is 390 g/mol. The monoisotopic (exact) mass is 417 g/mol. The van der Waals surface area contributed by atoms with Crippen molar-refractivity contribution in [1.29, 1.82) is 0 Å². The fourth-order valence-electron chi connectivity index (χ4n) is 3.74. The second kappa shape index (κ2) is 8.63. The molecule has 4 rings (SSSR count). The molecule has 2 aromatic heterocycles. The van der Waals surface area contributed by atoms with Crippen molar-refractivity contribution in [3.8, 4) is 0 Å². The maximum atomic E-state index is 11.2. The first-order valence-electron chi connectivity index (χ1n) is 10.5. The molecule has 2 atom stereocenters. The van der Waals surface area contributed by atoms with Gasteiger partial charge in [0.25, 0.3) is 0 Å². The zero-order valence-electron chi connectivity index (χ0n) is 18.2. The van der Waals surface area contributed by atoms with E-state index in [9.17, 15) is 4.79 Å². The topological polar surface area (TPSA) is 80.5 Å². The van der Waals surface area contributed by atoms with Gasteiger partial charge in [-0.2, -0.15) is 4.98 Å². The van der Waals surface area contributed by atoms with E-state index in [1.807, 2.05) is 56.5 Å². The first-order valence-corrected chi connectivity index (χ1v) is 10.5. The number of pyridine rings is 1. The second-order valence-electron chi connectivity index (χ2n) is 8.03. The summed E-state index contributed by atoms with van der Waals surface area (Å²) in [4.78, 5) is 15.9. The third kappa shape index (κ3) is 4.77. The minimum atomic E-state index is -0.0982. The van der Waals surface area contributed by atoms with Crippen LogP contribution in [0.1, 0.15) is 39.2 Å². The van der Waals surface area contributed by atoms with Crippen LogP contribution < -0.4 is 10.6 Å². The van der Waals surface area contributed by atoms with Crippen molar-refractivity contribution in [3.63, 3.8) is 0 Å². The molecule has 1 aliphatic carbocycles. The predicted molar refractivity (Wildman–Crippen MR) is 122 cm³/mol. The molecule has 0 spiro atoms. The van der Waals surface area contributed by atoms with Crippen molar-refractivity contribution >= 4 is 28.9 Å². The van der Waals surface area contributed by atoms with Crippen molar-refractivity contribution in [2.45, 2.75) is 39.7 Å². The molecule has 1 amide bonds. The Morgan fingerprint density at radius 1 is 1.16 bits per heavy atom. The van der Waals surface area contributed by atoms with E-state index >= 15 is 0 Å². The molecule has 0 aliphatic heterocycles. The van der Waals surface area contributed by atoms with Gasteiger partial charge < -0.3 is 15.4 Å². The third-order valence-electron chi connectivity index (χ3n) is 5.05. The predicted octanol–water partition coefficient (Wildman–Crippen LogP) is 5.03. The van der Waals surface area contributed by atoms with Crippen molar-refractivity contribution in [2.75, 3.05) is 10.6 Å². The maximum absolute atomic E-state index is 11.2. The standard InChI is InChI=1S/C24H27N5O2/c1-15(2)31-20-11-12-21(16(3)14-20)22-6-5-13-29-23(22)27-24(28-29)26-19-9-7-18(8-10-19)25-17(4)30/h5-16,21H,1-4H3,(H,25,30)(H,26,28). The number of hydrogen-bond acceptors (Lipinski definition) is 5. The number of rotatable bonds is 6. The van der Waals surface area contributed by atoms with Crippen LogP contribution in [0.5, 0.6) is 0 Å². The summed E-state index contributed by atoms with van der Waals surface area (Å²) in [5.74, 6) is 1.80. The molecule has 0 fully saturated rings. The smallest absolute Gasteiger partial charge is 0.247 e. The van der Waals surface area contributed by atoms with Gasteiger partial charge in [0.15, 0.2) is 5.65 Å². The fraction of sp³-hybridized carbons (Fsp3) is 0.292. The number of aromatic nitrogens is 3. The summed E-state index contributed by atoms with van der Waals surface area (Å²) >= 11 is 0. The van der Waals surface area contributed by atoms with Gasteiger partial charge in [0, 0.05) is 36.0 Å². The number of nitrogens with one attached hydrogen (secondary N) is 2. The number of fused-ring (bicyclic) bond motifs is 1. The van der Waals surface area contributed by atoms with Crippen molar-refractivity contribution in [1.82, 2.24) is 14.6 Å². The van der Waals surface area contributed by atoms with Crippen LogP contribution >= 0.6 is 0 Å². The molecule has 3 aromatic rings. The Kier molecular flexibility index (Phi) is 5.75. The van der Waals surface area contributed by atoms with Gasteiger partial charge in [-0.3, -0.25) is 4.79 Å². The SMILES string of the molecule is CC(=O)Nc1ccc(Nc2nc3c(C4C=CC(OC(C)C)=CC4C)cccn3n2)cc1. The molecule has 2 N–H and O–H groups in total. The number of anilines is 3. The zero-order valence-corrected chi connectivity index (χ0v) is 18.2. The van der Waals surface area contributed by atoms with Gasteiger partial charge in [-0.05, 0) is 62.2 Å². The van der Waals surface area contributed by atoms with Crippen LogP contribution in [0.4, 0.5) is 17.3 Å². The maximum Gasteiger partial charge on any atom is 0.247 e. The van der Waals surface area contributed by atoms with Crippen molar-refractivity contribution in [3.05, 3.63) is 72.1 Å². The van der Waals surface area contributed by atoms with E-state index in [1.165, 1.54) is 6.92 Å². The highest BCUT2D eigenvalue weighted by Gasteiger charge is 2.23. The minimum absolute atomic E-state index is 0.0982. The summed E-state index contributed by atoms with van der Waals surface area (Å²) in [7, 11) is 0. The van der Waals surface area contributed by atoms with Crippen LogP contribution in [0, 0.1) is 5.92 Å². The highest BCUT2D eigenvalue weighted by Crippen LogP contribution is 2.34. The number of carbonyl (C=O) groups is 1. The highest BCUT2D eigenvalue weighted by atomic mass is 16.5. The largest absolute Gasteiger partial charge is 0.491 e.